The summed E-state index contributed by atoms with van der Waals surface area (Å²) < 4.78 is 0. The number of nitrogens with two attached hydrogens (primary N) is 1. The Morgan fingerprint density at radius 2 is 2.19 bits per heavy atom. The second kappa shape index (κ2) is 4.88. The van der Waals surface area contributed by atoms with Gasteiger partial charge in [0.1, 0.15) is 0 Å². The average Bonchev–Trinajstić information content (AvgIpc) is 2.28. The molecule has 0 radical (unpaired) electrons. The first-order valence-electron chi connectivity index (χ1n) is 6.27. The lowest BCUT2D eigenvalue weighted by atomic mass is 9.92. The molecule has 88 valence electrons. The van der Waals surface area contributed by atoms with Gasteiger partial charge >= 0.3 is 0 Å². The molecule has 1 aromatic carbocycles. The van der Waals surface area contributed by atoms with Crippen molar-refractivity contribution in [2.45, 2.75) is 32.7 Å². The molecule has 0 aromatic heterocycles. The van der Waals surface area contributed by atoms with Gasteiger partial charge in [0.2, 0.25) is 0 Å². The van der Waals surface area contributed by atoms with Crippen LogP contribution in [0.4, 0.5) is 5.69 Å². The zero-order chi connectivity index (χ0) is 11.5. The van der Waals surface area contributed by atoms with Crippen LogP contribution in [0.5, 0.6) is 0 Å². The maximum atomic E-state index is 5.66. The lowest BCUT2D eigenvalue weighted by Crippen LogP contribution is -2.41. The van der Waals surface area contributed by atoms with Gasteiger partial charge in [0, 0.05) is 18.3 Å². The average molecular weight is 218 g/mol. The molecule has 2 N–H and O–H groups in total. The smallest absolute Gasteiger partial charge is 0.0401 e. The molecular weight excluding hydrogens is 196 g/mol. The topological polar surface area (TPSA) is 29.3 Å². The first-order chi connectivity index (χ1) is 7.72. The largest absolute Gasteiger partial charge is 0.368 e. The normalized spacial score (nSPS) is 21.7. The summed E-state index contributed by atoms with van der Waals surface area (Å²) in [5, 5.41) is 0. The summed E-state index contributed by atoms with van der Waals surface area (Å²) in [5.41, 5.74) is 8.57. The van der Waals surface area contributed by atoms with E-state index in [-0.39, 0.29) is 0 Å². The number of hydrogen-bond acceptors (Lipinski definition) is 2. The number of hydrogen-bond donors (Lipinski definition) is 1. The van der Waals surface area contributed by atoms with Crippen molar-refractivity contribution in [2.24, 2.45) is 11.7 Å². The van der Waals surface area contributed by atoms with Crippen LogP contribution in [-0.4, -0.2) is 19.1 Å². The Balaban J connectivity index is 2.26. The molecule has 0 aliphatic carbocycles. The molecule has 0 fully saturated rings. The first kappa shape index (κ1) is 11.5. The first-order valence-corrected chi connectivity index (χ1v) is 6.27. The van der Waals surface area contributed by atoms with Crippen LogP contribution in [0.15, 0.2) is 24.3 Å². The molecule has 1 aliphatic rings. The fourth-order valence-electron chi connectivity index (χ4n) is 2.65. The summed E-state index contributed by atoms with van der Waals surface area (Å²) >= 11 is 0. The van der Waals surface area contributed by atoms with Gasteiger partial charge in [0.05, 0.1) is 0 Å². The summed E-state index contributed by atoms with van der Waals surface area (Å²) in [6.45, 7) is 6.55. The quantitative estimate of drug-likeness (QED) is 0.844. The number of benzene rings is 1. The van der Waals surface area contributed by atoms with Crippen LogP contribution in [0, 0.1) is 5.92 Å². The number of nitrogens with zero attached hydrogens (tertiary/aromatic N) is 1. The Morgan fingerprint density at radius 1 is 1.44 bits per heavy atom. The van der Waals surface area contributed by atoms with Crippen molar-refractivity contribution >= 4 is 5.69 Å². The van der Waals surface area contributed by atoms with Gasteiger partial charge in [-0.3, -0.25) is 0 Å². The van der Waals surface area contributed by atoms with E-state index in [9.17, 15) is 0 Å². The maximum Gasteiger partial charge on any atom is 0.0401 e. The van der Waals surface area contributed by atoms with E-state index in [1.165, 1.54) is 17.7 Å². The van der Waals surface area contributed by atoms with Gasteiger partial charge in [-0.25, -0.2) is 0 Å². The van der Waals surface area contributed by atoms with E-state index < -0.39 is 0 Å². The standard InChI is InChI=1S/C14H22N2/c1-11-9-13-5-3-4-6-14(13)16(10-11)12(2)7-8-15/h3-6,11-12H,7-10,15H2,1-2H3. The minimum Gasteiger partial charge on any atom is -0.368 e. The Bertz CT molecular complexity index is 348. The van der Waals surface area contributed by atoms with E-state index >= 15 is 0 Å². The fourth-order valence-corrected chi connectivity index (χ4v) is 2.65. The van der Waals surface area contributed by atoms with Crippen molar-refractivity contribution in [3.63, 3.8) is 0 Å². The highest BCUT2D eigenvalue weighted by Gasteiger charge is 2.24. The van der Waals surface area contributed by atoms with E-state index in [1.807, 2.05) is 0 Å². The van der Waals surface area contributed by atoms with Crippen LogP contribution in [0.3, 0.4) is 0 Å². The van der Waals surface area contributed by atoms with Gasteiger partial charge in [-0.2, -0.15) is 0 Å². The van der Waals surface area contributed by atoms with E-state index in [2.05, 4.69) is 43.0 Å². The molecule has 16 heavy (non-hydrogen) atoms. The molecule has 2 atom stereocenters. The van der Waals surface area contributed by atoms with E-state index in [4.69, 9.17) is 5.73 Å². The molecule has 2 nitrogen and oxygen atoms in total. The molecule has 1 heterocycles. The van der Waals surface area contributed by atoms with E-state index in [1.54, 1.807) is 0 Å². The third-order valence-electron chi connectivity index (χ3n) is 3.49. The number of fused-ring (bicyclic) bond motifs is 1. The summed E-state index contributed by atoms with van der Waals surface area (Å²) in [5.74, 6) is 0.745. The predicted molar refractivity (Wildman–Crippen MR) is 69.8 cm³/mol. The Hall–Kier alpha value is -1.02. The fraction of sp³-hybridized carbons (Fsp3) is 0.571. The minimum absolute atomic E-state index is 0.550. The molecule has 0 amide bonds. The summed E-state index contributed by atoms with van der Waals surface area (Å²) in [6.07, 6.45) is 2.28. The van der Waals surface area contributed by atoms with Crippen molar-refractivity contribution in [2.75, 3.05) is 18.0 Å². The molecule has 2 unspecified atom stereocenters. The summed E-state index contributed by atoms with van der Waals surface area (Å²) in [4.78, 5) is 2.52. The predicted octanol–water partition coefficient (Wildman–Crippen LogP) is 2.42. The Morgan fingerprint density at radius 3 is 2.94 bits per heavy atom. The molecule has 1 aromatic rings. The molecular formula is C14H22N2. The highest BCUT2D eigenvalue weighted by molar-refractivity contribution is 5.56. The second-order valence-corrected chi connectivity index (χ2v) is 5.02. The lowest BCUT2D eigenvalue weighted by Gasteiger charge is -2.39. The van der Waals surface area contributed by atoms with Crippen molar-refractivity contribution in [3.8, 4) is 0 Å². The third-order valence-corrected chi connectivity index (χ3v) is 3.49. The van der Waals surface area contributed by atoms with E-state index in [0.29, 0.717) is 6.04 Å². The van der Waals surface area contributed by atoms with Gasteiger partial charge in [-0.05, 0) is 43.9 Å². The monoisotopic (exact) mass is 218 g/mol. The zero-order valence-corrected chi connectivity index (χ0v) is 10.3. The molecule has 1 aliphatic heterocycles. The molecule has 2 rings (SSSR count). The van der Waals surface area contributed by atoms with Crippen LogP contribution in [0.1, 0.15) is 25.8 Å². The molecule has 0 spiro atoms. The van der Waals surface area contributed by atoms with Crippen LogP contribution < -0.4 is 10.6 Å². The summed E-state index contributed by atoms with van der Waals surface area (Å²) in [6, 6.07) is 9.33. The second-order valence-electron chi connectivity index (χ2n) is 5.02. The van der Waals surface area contributed by atoms with Gasteiger partial charge < -0.3 is 10.6 Å². The summed E-state index contributed by atoms with van der Waals surface area (Å²) in [7, 11) is 0. The Kier molecular flexibility index (Phi) is 3.49. The van der Waals surface area contributed by atoms with Gasteiger partial charge in [-0.15, -0.1) is 0 Å². The lowest BCUT2D eigenvalue weighted by molar-refractivity contribution is 0.482. The number of para-hydroxylation sites is 1. The molecule has 0 saturated heterocycles. The van der Waals surface area contributed by atoms with Crippen molar-refractivity contribution < 1.29 is 0 Å². The molecule has 0 bridgehead atoms. The number of rotatable bonds is 3. The zero-order valence-electron chi connectivity index (χ0n) is 10.3. The van der Waals surface area contributed by atoms with Gasteiger partial charge in [0.25, 0.3) is 0 Å². The SMILES string of the molecule is CC1Cc2ccccc2N(C(C)CCN)C1. The molecule has 2 heteroatoms. The highest BCUT2D eigenvalue weighted by Crippen LogP contribution is 2.31. The van der Waals surface area contributed by atoms with Crippen LogP contribution in [0.2, 0.25) is 0 Å². The maximum absolute atomic E-state index is 5.66. The third kappa shape index (κ3) is 2.22. The number of anilines is 1. The van der Waals surface area contributed by atoms with Gasteiger partial charge in [-0.1, -0.05) is 25.1 Å². The van der Waals surface area contributed by atoms with Crippen molar-refractivity contribution in [1.82, 2.24) is 0 Å². The van der Waals surface area contributed by atoms with E-state index in [0.717, 1.165) is 25.4 Å². The van der Waals surface area contributed by atoms with Crippen molar-refractivity contribution in [1.29, 1.82) is 0 Å². The van der Waals surface area contributed by atoms with Gasteiger partial charge in [0.15, 0.2) is 0 Å². The highest BCUT2D eigenvalue weighted by atomic mass is 15.2. The molecule has 0 saturated carbocycles. The van der Waals surface area contributed by atoms with Crippen LogP contribution in [0.25, 0.3) is 0 Å². The Labute approximate surface area is 98.4 Å². The van der Waals surface area contributed by atoms with Crippen LogP contribution in [-0.2, 0) is 6.42 Å². The van der Waals surface area contributed by atoms with Crippen LogP contribution >= 0.6 is 0 Å². The van der Waals surface area contributed by atoms with Crippen molar-refractivity contribution in [3.05, 3.63) is 29.8 Å². The minimum atomic E-state index is 0.550.